The number of hydrogen-bond donors (Lipinski definition) is 2. The van der Waals surface area contributed by atoms with E-state index in [1.165, 1.54) is 0 Å². The predicted molar refractivity (Wildman–Crippen MR) is 56.3 cm³/mol. The smallest absolute Gasteiger partial charge is 0.246 e. The lowest BCUT2D eigenvalue weighted by molar-refractivity contribution is 0.529. The highest BCUT2D eigenvalue weighted by atomic mass is 16.3. The van der Waals surface area contributed by atoms with E-state index in [0.29, 0.717) is 18.4 Å². The second kappa shape index (κ2) is 3.64. The van der Waals surface area contributed by atoms with Crippen molar-refractivity contribution >= 4 is 11.9 Å². The summed E-state index contributed by atoms with van der Waals surface area (Å²) in [6.07, 6.45) is 1.67. The third kappa shape index (κ3) is 1.93. The van der Waals surface area contributed by atoms with Gasteiger partial charge in [-0.15, -0.1) is 5.10 Å². The molecule has 2 heterocycles. The lowest BCUT2D eigenvalue weighted by Gasteiger charge is -2.13. The van der Waals surface area contributed by atoms with E-state index in [9.17, 15) is 0 Å². The molecule has 0 saturated carbocycles. The van der Waals surface area contributed by atoms with Crippen molar-refractivity contribution in [1.29, 1.82) is 0 Å². The van der Waals surface area contributed by atoms with Crippen LogP contribution in [0.5, 0.6) is 0 Å². The molecule has 15 heavy (non-hydrogen) atoms. The van der Waals surface area contributed by atoms with Crippen molar-refractivity contribution in [3.05, 3.63) is 23.7 Å². The normalized spacial score (nSPS) is 10.5. The van der Waals surface area contributed by atoms with Crippen LogP contribution in [-0.2, 0) is 6.54 Å². The second-order valence-corrected chi connectivity index (χ2v) is 3.38. The molecule has 0 aliphatic rings. The van der Waals surface area contributed by atoms with Crippen LogP contribution in [0.1, 0.15) is 11.3 Å². The molecule has 6 nitrogen and oxygen atoms in total. The van der Waals surface area contributed by atoms with Crippen LogP contribution >= 0.6 is 0 Å². The minimum Gasteiger partial charge on any atom is -0.469 e. The molecule has 0 aliphatic carbocycles. The fraction of sp³-hybridized carbons (Fsp3) is 0.333. The van der Waals surface area contributed by atoms with Gasteiger partial charge in [0.15, 0.2) is 0 Å². The number of furan rings is 1. The molecule has 2 rings (SSSR count). The van der Waals surface area contributed by atoms with Crippen molar-refractivity contribution in [3.8, 4) is 0 Å². The SMILES string of the molecule is Cc1occc1CN(C)c1n[nH]c(N)n1. The Morgan fingerprint density at radius 3 is 2.93 bits per heavy atom. The van der Waals surface area contributed by atoms with Crippen LogP contribution in [0.4, 0.5) is 11.9 Å². The maximum absolute atomic E-state index is 5.45. The number of nitrogens with two attached hydrogens (primary N) is 1. The van der Waals surface area contributed by atoms with Crippen molar-refractivity contribution in [3.63, 3.8) is 0 Å². The van der Waals surface area contributed by atoms with E-state index in [0.717, 1.165) is 11.3 Å². The Morgan fingerprint density at radius 2 is 2.40 bits per heavy atom. The van der Waals surface area contributed by atoms with E-state index in [1.54, 1.807) is 6.26 Å². The number of nitrogens with zero attached hydrogens (tertiary/aromatic N) is 3. The van der Waals surface area contributed by atoms with E-state index in [4.69, 9.17) is 10.2 Å². The minimum atomic E-state index is 0.320. The second-order valence-electron chi connectivity index (χ2n) is 3.38. The number of aromatic nitrogens is 3. The van der Waals surface area contributed by atoms with E-state index >= 15 is 0 Å². The van der Waals surface area contributed by atoms with Crippen LogP contribution in [0.25, 0.3) is 0 Å². The molecule has 0 amide bonds. The fourth-order valence-corrected chi connectivity index (χ4v) is 1.34. The number of aromatic amines is 1. The first-order valence-corrected chi connectivity index (χ1v) is 4.59. The molecule has 0 fully saturated rings. The Hall–Kier alpha value is -1.98. The average molecular weight is 207 g/mol. The molecule has 0 saturated heterocycles. The van der Waals surface area contributed by atoms with Crippen LogP contribution in [0.3, 0.4) is 0 Å². The van der Waals surface area contributed by atoms with Gasteiger partial charge in [0.1, 0.15) is 5.76 Å². The Kier molecular flexibility index (Phi) is 2.32. The molecule has 0 atom stereocenters. The van der Waals surface area contributed by atoms with Crippen LogP contribution in [-0.4, -0.2) is 22.2 Å². The van der Waals surface area contributed by atoms with Gasteiger partial charge in [-0.05, 0) is 13.0 Å². The zero-order valence-corrected chi connectivity index (χ0v) is 8.69. The summed E-state index contributed by atoms with van der Waals surface area (Å²) in [4.78, 5) is 5.92. The summed E-state index contributed by atoms with van der Waals surface area (Å²) in [5, 5.41) is 6.56. The van der Waals surface area contributed by atoms with E-state index in [1.807, 2.05) is 24.9 Å². The molecule has 0 radical (unpaired) electrons. The molecule has 0 unspecified atom stereocenters. The molecule has 6 heteroatoms. The summed E-state index contributed by atoms with van der Waals surface area (Å²) < 4.78 is 5.21. The third-order valence-corrected chi connectivity index (χ3v) is 2.21. The van der Waals surface area contributed by atoms with Gasteiger partial charge in [-0.3, -0.25) is 0 Å². The number of nitrogen functional groups attached to an aromatic ring is 1. The lowest BCUT2D eigenvalue weighted by Crippen LogP contribution is -2.17. The summed E-state index contributed by atoms with van der Waals surface area (Å²) in [5.41, 5.74) is 6.56. The number of aryl methyl sites for hydroxylation is 1. The monoisotopic (exact) mass is 207 g/mol. The van der Waals surface area contributed by atoms with Crippen molar-refractivity contribution < 1.29 is 4.42 Å². The molecule has 0 bridgehead atoms. The number of nitrogens with one attached hydrogen (secondary N) is 1. The number of rotatable bonds is 3. The number of anilines is 2. The van der Waals surface area contributed by atoms with Crippen molar-refractivity contribution in [1.82, 2.24) is 15.2 Å². The van der Waals surface area contributed by atoms with Crippen LogP contribution in [0.15, 0.2) is 16.7 Å². The first kappa shape index (κ1) is 9.57. The minimum absolute atomic E-state index is 0.320. The summed E-state index contributed by atoms with van der Waals surface area (Å²) >= 11 is 0. The van der Waals surface area contributed by atoms with Gasteiger partial charge in [-0.2, -0.15) is 4.98 Å². The first-order chi connectivity index (χ1) is 7.16. The van der Waals surface area contributed by atoms with Gasteiger partial charge >= 0.3 is 0 Å². The molecule has 3 N–H and O–H groups in total. The Balaban J connectivity index is 2.10. The van der Waals surface area contributed by atoms with Crippen LogP contribution in [0.2, 0.25) is 0 Å². The number of hydrogen-bond acceptors (Lipinski definition) is 5. The molecular formula is C9H13N5O. The molecular weight excluding hydrogens is 194 g/mol. The topological polar surface area (TPSA) is 84.0 Å². The molecule has 0 aromatic carbocycles. The molecule has 0 spiro atoms. The summed E-state index contributed by atoms with van der Waals surface area (Å²) in [6.45, 7) is 2.62. The van der Waals surface area contributed by atoms with Crippen LogP contribution < -0.4 is 10.6 Å². The quantitative estimate of drug-likeness (QED) is 0.782. The maximum atomic E-state index is 5.45. The molecule has 0 aliphatic heterocycles. The van der Waals surface area contributed by atoms with Crippen molar-refractivity contribution in [2.75, 3.05) is 17.7 Å². The van der Waals surface area contributed by atoms with Gasteiger partial charge in [0.25, 0.3) is 0 Å². The van der Waals surface area contributed by atoms with E-state index in [-0.39, 0.29) is 0 Å². The summed E-state index contributed by atoms with van der Waals surface area (Å²) in [6, 6.07) is 1.93. The van der Waals surface area contributed by atoms with Gasteiger partial charge < -0.3 is 15.1 Å². The highest BCUT2D eigenvalue weighted by Crippen LogP contribution is 2.14. The van der Waals surface area contributed by atoms with Gasteiger partial charge in [0, 0.05) is 19.2 Å². The predicted octanol–water partition coefficient (Wildman–Crippen LogP) is 0.925. The van der Waals surface area contributed by atoms with Gasteiger partial charge in [0.05, 0.1) is 6.26 Å². The van der Waals surface area contributed by atoms with Crippen molar-refractivity contribution in [2.45, 2.75) is 13.5 Å². The average Bonchev–Trinajstić information content (AvgIpc) is 2.77. The standard InChI is InChI=1S/C9H13N5O/c1-6-7(3-4-15-6)5-14(2)9-11-8(10)12-13-9/h3-4H,5H2,1-2H3,(H3,10,11,12,13). The number of H-pyrrole nitrogens is 1. The maximum Gasteiger partial charge on any atom is 0.246 e. The largest absolute Gasteiger partial charge is 0.469 e. The lowest BCUT2D eigenvalue weighted by atomic mass is 10.2. The Bertz CT molecular complexity index is 447. The van der Waals surface area contributed by atoms with E-state index < -0.39 is 0 Å². The fourth-order valence-electron chi connectivity index (χ4n) is 1.34. The van der Waals surface area contributed by atoms with Crippen molar-refractivity contribution in [2.24, 2.45) is 0 Å². The third-order valence-electron chi connectivity index (χ3n) is 2.21. The zero-order chi connectivity index (χ0) is 10.8. The Morgan fingerprint density at radius 1 is 1.60 bits per heavy atom. The van der Waals surface area contributed by atoms with Gasteiger partial charge in [0.2, 0.25) is 11.9 Å². The summed E-state index contributed by atoms with van der Waals surface area (Å²) in [7, 11) is 1.90. The highest BCUT2D eigenvalue weighted by Gasteiger charge is 2.09. The summed E-state index contributed by atoms with van der Waals surface area (Å²) in [5.74, 6) is 1.80. The van der Waals surface area contributed by atoms with Gasteiger partial charge in [-0.25, -0.2) is 5.10 Å². The Labute approximate surface area is 87.1 Å². The first-order valence-electron chi connectivity index (χ1n) is 4.59. The zero-order valence-electron chi connectivity index (χ0n) is 8.69. The molecule has 2 aromatic heterocycles. The highest BCUT2D eigenvalue weighted by molar-refractivity contribution is 5.34. The molecule has 2 aromatic rings. The van der Waals surface area contributed by atoms with Gasteiger partial charge in [-0.1, -0.05) is 0 Å². The molecule has 80 valence electrons. The van der Waals surface area contributed by atoms with E-state index in [2.05, 4.69) is 15.2 Å². The van der Waals surface area contributed by atoms with Crippen LogP contribution in [0, 0.1) is 6.92 Å².